The average Bonchev–Trinajstić information content (AvgIpc) is 2.26. The Morgan fingerprint density at radius 1 is 1.42 bits per heavy atom. The molecule has 0 N–H and O–H groups in total. The van der Waals surface area contributed by atoms with E-state index in [2.05, 4.69) is 0 Å². The molecule has 0 bridgehead atoms. The molecule has 12 heavy (non-hydrogen) atoms. The maximum absolute atomic E-state index is 11.1. The Kier molecular flexibility index (Phi) is 2.81. The lowest BCUT2D eigenvalue weighted by Crippen LogP contribution is -2.32. The first-order valence-corrected chi connectivity index (χ1v) is 4.04. The van der Waals surface area contributed by atoms with Crippen LogP contribution in [0.25, 0.3) is 0 Å². The standard InChI is InChI=1S/C8H14N2O2/c1-9(2)3-4-10-6-7(11)5-8(10)12/h3-6H2,1-2H3. The fraction of sp³-hybridized carbons (Fsp3) is 0.750. The summed E-state index contributed by atoms with van der Waals surface area (Å²) in [5, 5.41) is 0. The molecule has 0 aromatic heterocycles. The molecule has 4 heteroatoms. The normalized spacial score (nSPS) is 18.1. The molecule has 0 aliphatic carbocycles. The topological polar surface area (TPSA) is 40.6 Å². The zero-order valence-electron chi connectivity index (χ0n) is 7.54. The van der Waals surface area contributed by atoms with Crippen LogP contribution >= 0.6 is 0 Å². The molecule has 68 valence electrons. The van der Waals surface area contributed by atoms with Gasteiger partial charge in [0.25, 0.3) is 0 Å². The maximum Gasteiger partial charge on any atom is 0.230 e. The van der Waals surface area contributed by atoms with Gasteiger partial charge in [-0.05, 0) is 14.1 Å². The lowest BCUT2D eigenvalue weighted by Gasteiger charge is -2.17. The molecule has 1 heterocycles. The second-order valence-electron chi connectivity index (χ2n) is 3.33. The second kappa shape index (κ2) is 3.67. The predicted octanol–water partition coefficient (Wildman–Crippen LogP) is -0.651. The molecular weight excluding hydrogens is 156 g/mol. The highest BCUT2D eigenvalue weighted by Crippen LogP contribution is 2.05. The van der Waals surface area contributed by atoms with Gasteiger partial charge in [0.05, 0.1) is 13.0 Å². The van der Waals surface area contributed by atoms with Gasteiger partial charge in [-0.1, -0.05) is 0 Å². The molecule has 0 unspecified atom stereocenters. The summed E-state index contributed by atoms with van der Waals surface area (Å²) >= 11 is 0. The van der Waals surface area contributed by atoms with Crippen molar-refractivity contribution in [2.24, 2.45) is 0 Å². The third-order valence-corrected chi connectivity index (χ3v) is 1.89. The Morgan fingerprint density at radius 2 is 2.08 bits per heavy atom. The fourth-order valence-electron chi connectivity index (χ4n) is 1.16. The largest absolute Gasteiger partial charge is 0.334 e. The van der Waals surface area contributed by atoms with Crippen molar-refractivity contribution in [2.75, 3.05) is 33.7 Å². The zero-order valence-corrected chi connectivity index (χ0v) is 7.54. The van der Waals surface area contributed by atoms with Crippen molar-refractivity contribution in [1.82, 2.24) is 9.80 Å². The van der Waals surface area contributed by atoms with Crippen LogP contribution in [0.1, 0.15) is 6.42 Å². The minimum absolute atomic E-state index is 0.0261. The summed E-state index contributed by atoms with van der Waals surface area (Å²) < 4.78 is 0. The lowest BCUT2D eigenvalue weighted by molar-refractivity contribution is -0.127. The molecule has 0 atom stereocenters. The van der Waals surface area contributed by atoms with Gasteiger partial charge >= 0.3 is 0 Å². The maximum atomic E-state index is 11.1. The fourth-order valence-corrected chi connectivity index (χ4v) is 1.16. The molecule has 1 fully saturated rings. The first-order chi connectivity index (χ1) is 5.59. The van der Waals surface area contributed by atoms with Gasteiger partial charge in [-0.2, -0.15) is 0 Å². The zero-order chi connectivity index (χ0) is 9.14. The van der Waals surface area contributed by atoms with E-state index in [0.29, 0.717) is 13.1 Å². The molecule has 1 aliphatic rings. The summed E-state index contributed by atoms with van der Waals surface area (Å²) in [5.74, 6) is 0.0145. The van der Waals surface area contributed by atoms with Crippen LogP contribution < -0.4 is 0 Å². The second-order valence-corrected chi connectivity index (χ2v) is 3.33. The first-order valence-electron chi connectivity index (χ1n) is 4.04. The van der Waals surface area contributed by atoms with Crippen LogP contribution in [-0.2, 0) is 9.59 Å². The van der Waals surface area contributed by atoms with Gasteiger partial charge in [-0.15, -0.1) is 0 Å². The Labute approximate surface area is 72.1 Å². The van der Waals surface area contributed by atoms with Gasteiger partial charge < -0.3 is 9.80 Å². The Balaban J connectivity index is 2.33. The van der Waals surface area contributed by atoms with Crippen LogP contribution in [0.2, 0.25) is 0 Å². The Bertz CT molecular complexity index is 201. The van der Waals surface area contributed by atoms with Crippen molar-refractivity contribution in [2.45, 2.75) is 6.42 Å². The minimum atomic E-state index is -0.0261. The van der Waals surface area contributed by atoms with E-state index in [1.807, 2.05) is 19.0 Å². The van der Waals surface area contributed by atoms with Gasteiger partial charge in [0, 0.05) is 13.1 Å². The summed E-state index contributed by atoms with van der Waals surface area (Å²) in [6.45, 7) is 1.79. The van der Waals surface area contributed by atoms with Crippen molar-refractivity contribution in [3.8, 4) is 0 Å². The van der Waals surface area contributed by atoms with E-state index < -0.39 is 0 Å². The number of hydrogen-bond donors (Lipinski definition) is 0. The number of Topliss-reactive ketones (excluding diaryl/α,β-unsaturated/α-hetero) is 1. The van der Waals surface area contributed by atoms with Gasteiger partial charge in [-0.3, -0.25) is 9.59 Å². The summed E-state index contributed by atoms with van der Waals surface area (Å²) in [7, 11) is 3.89. The average molecular weight is 170 g/mol. The highest BCUT2D eigenvalue weighted by molar-refractivity contribution is 6.05. The molecular formula is C8H14N2O2. The highest BCUT2D eigenvalue weighted by Gasteiger charge is 2.26. The van der Waals surface area contributed by atoms with E-state index >= 15 is 0 Å². The Hall–Kier alpha value is -0.900. The predicted molar refractivity (Wildman–Crippen MR) is 44.8 cm³/mol. The summed E-state index contributed by atoms with van der Waals surface area (Å²) in [4.78, 5) is 25.5. The number of likely N-dealkylation sites (tertiary alicyclic amines) is 1. The van der Waals surface area contributed by atoms with Crippen molar-refractivity contribution >= 4 is 11.7 Å². The van der Waals surface area contributed by atoms with E-state index in [0.717, 1.165) is 6.54 Å². The third kappa shape index (κ3) is 2.30. The van der Waals surface area contributed by atoms with E-state index in [4.69, 9.17) is 0 Å². The van der Waals surface area contributed by atoms with Crippen molar-refractivity contribution in [3.05, 3.63) is 0 Å². The van der Waals surface area contributed by atoms with Crippen LogP contribution in [0.3, 0.4) is 0 Å². The molecule has 0 aromatic carbocycles. The number of likely N-dealkylation sites (N-methyl/N-ethyl adjacent to an activating group) is 1. The summed E-state index contributed by atoms with van der Waals surface area (Å²) in [6.07, 6.45) is 0.105. The van der Waals surface area contributed by atoms with Crippen LogP contribution in [-0.4, -0.2) is 55.2 Å². The van der Waals surface area contributed by atoms with Crippen molar-refractivity contribution in [3.63, 3.8) is 0 Å². The van der Waals surface area contributed by atoms with Crippen LogP contribution in [0.15, 0.2) is 0 Å². The molecule has 4 nitrogen and oxygen atoms in total. The molecule has 0 aromatic rings. The number of nitrogens with zero attached hydrogens (tertiary/aromatic N) is 2. The van der Waals surface area contributed by atoms with Crippen LogP contribution in [0, 0.1) is 0 Å². The van der Waals surface area contributed by atoms with Gasteiger partial charge in [0.15, 0.2) is 5.78 Å². The molecule has 0 radical (unpaired) electrons. The number of hydrogen-bond acceptors (Lipinski definition) is 3. The monoisotopic (exact) mass is 170 g/mol. The molecule has 1 rings (SSSR count). The number of carbonyl (C=O) groups is 2. The quantitative estimate of drug-likeness (QED) is 0.528. The number of amides is 1. The van der Waals surface area contributed by atoms with Crippen molar-refractivity contribution < 1.29 is 9.59 Å². The highest BCUT2D eigenvalue weighted by atomic mass is 16.2. The third-order valence-electron chi connectivity index (χ3n) is 1.89. The number of ketones is 1. The van der Waals surface area contributed by atoms with Crippen LogP contribution in [0.4, 0.5) is 0 Å². The molecule has 0 saturated carbocycles. The first kappa shape index (κ1) is 9.19. The van der Waals surface area contributed by atoms with E-state index in [1.54, 1.807) is 4.90 Å². The van der Waals surface area contributed by atoms with E-state index in [-0.39, 0.29) is 18.1 Å². The van der Waals surface area contributed by atoms with Crippen molar-refractivity contribution in [1.29, 1.82) is 0 Å². The molecule has 1 saturated heterocycles. The number of rotatable bonds is 3. The van der Waals surface area contributed by atoms with Gasteiger partial charge in [-0.25, -0.2) is 0 Å². The Morgan fingerprint density at radius 3 is 2.50 bits per heavy atom. The van der Waals surface area contributed by atoms with Crippen LogP contribution in [0.5, 0.6) is 0 Å². The van der Waals surface area contributed by atoms with Gasteiger partial charge in [0.1, 0.15) is 0 Å². The summed E-state index contributed by atoms with van der Waals surface area (Å²) in [6, 6.07) is 0. The molecule has 1 amide bonds. The smallest absolute Gasteiger partial charge is 0.230 e. The molecule has 0 spiro atoms. The lowest BCUT2D eigenvalue weighted by atomic mass is 10.3. The minimum Gasteiger partial charge on any atom is -0.334 e. The van der Waals surface area contributed by atoms with E-state index in [9.17, 15) is 9.59 Å². The number of carbonyl (C=O) groups excluding carboxylic acids is 2. The van der Waals surface area contributed by atoms with E-state index in [1.165, 1.54) is 0 Å². The van der Waals surface area contributed by atoms with Gasteiger partial charge in [0.2, 0.25) is 5.91 Å². The molecule has 1 aliphatic heterocycles. The summed E-state index contributed by atoms with van der Waals surface area (Å²) in [5.41, 5.74) is 0. The SMILES string of the molecule is CN(C)CCN1CC(=O)CC1=O.